The molecule has 0 saturated carbocycles. The first kappa shape index (κ1) is 17.5. The van der Waals surface area contributed by atoms with Gasteiger partial charge in [0.1, 0.15) is 17.3 Å². The van der Waals surface area contributed by atoms with Gasteiger partial charge >= 0.3 is 0 Å². The van der Waals surface area contributed by atoms with Crippen LogP contribution in [0.25, 0.3) is 0 Å². The summed E-state index contributed by atoms with van der Waals surface area (Å²) in [6.07, 6.45) is 1.18. The Bertz CT molecular complexity index is 1010. The van der Waals surface area contributed by atoms with E-state index in [0.717, 1.165) is 17.7 Å². The minimum Gasteiger partial charge on any atom is -0.497 e. The zero-order valence-electron chi connectivity index (χ0n) is 15.9. The van der Waals surface area contributed by atoms with E-state index in [-0.39, 0.29) is 16.8 Å². The minimum atomic E-state index is -0.490. The molecule has 0 bridgehead atoms. The van der Waals surface area contributed by atoms with Crippen molar-refractivity contribution in [2.45, 2.75) is 32.6 Å². The van der Waals surface area contributed by atoms with E-state index < -0.39 is 5.92 Å². The lowest BCUT2D eigenvalue weighted by Gasteiger charge is -2.38. The number of hydrogen-bond acceptors (Lipinski definition) is 5. The van der Waals surface area contributed by atoms with Crippen LogP contribution in [0, 0.1) is 5.41 Å². The average Bonchev–Trinajstić information content (AvgIpc) is 2.99. The number of fused-ring (bicyclic) bond motifs is 1. The van der Waals surface area contributed by atoms with Gasteiger partial charge in [0.25, 0.3) is 5.56 Å². The van der Waals surface area contributed by atoms with Gasteiger partial charge in [-0.1, -0.05) is 19.9 Å². The molecule has 4 rings (SSSR count). The number of Topliss-reactive ketones (excluding diaryl/α,β-unsaturated/α-hetero) is 1. The summed E-state index contributed by atoms with van der Waals surface area (Å²) in [5.41, 5.74) is 2.41. The maximum atomic E-state index is 13.1. The molecule has 1 aliphatic heterocycles. The van der Waals surface area contributed by atoms with Crippen LogP contribution < -0.4 is 20.3 Å². The van der Waals surface area contributed by atoms with E-state index in [0.29, 0.717) is 34.9 Å². The third kappa shape index (κ3) is 2.74. The number of allylic oxidation sites excluding steroid dienone is 2. The Morgan fingerprint density at radius 3 is 2.56 bits per heavy atom. The van der Waals surface area contributed by atoms with Gasteiger partial charge in [0.2, 0.25) is 0 Å². The average molecular weight is 369 g/mol. The molecule has 0 amide bonds. The van der Waals surface area contributed by atoms with E-state index in [2.05, 4.69) is 29.4 Å². The molecule has 1 aromatic heterocycles. The molecule has 2 aromatic rings. The third-order valence-corrected chi connectivity index (χ3v) is 5.34. The van der Waals surface area contributed by atoms with Gasteiger partial charge in [-0.2, -0.15) is 0 Å². The number of rotatable bonds is 3. The highest BCUT2D eigenvalue weighted by Gasteiger charge is 2.43. The molecule has 0 unspecified atom stereocenters. The van der Waals surface area contributed by atoms with Crippen molar-refractivity contribution in [3.63, 3.8) is 0 Å². The topological polar surface area (TPSA) is 96.2 Å². The number of ketones is 1. The van der Waals surface area contributed by atoms with Gasteiger partial charge in [-0.25, -0.2) is 0 Å². The highest BCUT2D eigenvalue weighted by Crippen LogP contribution is 2.49. The Morgan fingerprint density at radius 2 is 1.85 bits per heavy atom. The Morgan fingerprint density at radius 1 is 1.07 bits per heavy atom. The summed E-state index contributed by atoms with van der Waals surface area (Å²) in [6, 6.07) is 5.45. The molecule has 0 radical (unpaired) electrons. The van der Waals surface area contributed by atoms with Crippen molar-refractivity contribution in [3.05, 3.63) is 50.9 Å². The van der Waals surface area contributed by atoms with Crippen molar-refractivity contribution in [1.82, 2.24) is 10.2 Å². The third-order valence-electron chi connectivity index (χ3n) is 5.34. The summed E-state index contributed by atoms with van der Waals surface area (Å²) in [5.74, 6) is 1.40. The lowest BCUT2D eigenvalue weighted by Crippen LogP contribution is -2.35. The molecule has 142 valence electrons. The zero-order chi connectivity index (χ0) is 19.3. The van der Waals surface area contributed by atoms with E-state index in [1.807, 2.05) is 12.1 Å². The highest BCUT2D eigenvalue weighted by molar-refractivity contribution is 6.01. The lowest BCUT2D eigenvalue weighted by molar-refractivity contribution is -0.118. The number of H-pyrrole nitrogens is 2. The van der Waals surface area contributed by atoms with E-state index in [1.165, 1.54) is 0 Å². The number of hydrogen-bond donors (Lipinski definition) is 3. The summed E-state index contributed by atoms with van der Waals surface area (Å²) in [5, 5.41) is 8.81. The van der Waals surface area contributed by atoms with Crippen molar-refractivity contribution in [3.8, 4) is 11.5 Å². The summed E-state index contributed by atoms with van der Waals surface area (Å²) < 4.78 is 10.9. The molecule has 7 heteroatoms. The summed E-state index contributed by atoms with van der Waals surface area (Å²) in [4.78, 5) is 25.7. The number of anilines is 1. The Balaban J connectivity index is 1.97. The van der Waals surface area contributed by atoms with Crippen LogP contribution in [-0.4, -0.2) is 30.2 Å². The van der Waals surface area contributed by atoms with Crippen LogP contribution in [0.3, 0.4) is 0 Å². The van der Waals surface area contributed by atoms with Gasteiger partial charge in [0.05, 0.1) is 25.7 Å². The van der Waals surface area contributed by atoms with E-state index in [9.17, 15) is 9.59 Å². The van der Waals surface area contributed by atoms with E-state index >= 15 is 0 Å². The molecule has 3 N–H and O–H groups in total. The predicted molar refractivity (Wildman–Crippen MR) is 101 cm³/mol. The van der Waals surface area contributed by atoms with Crippen LogP contribution in [0.15, 0.2) is 34.3 Å². The second-order valence-electron chi connectivity index (χ2n) is 7.87. The van der Waals surface area contributed by atoms with Crippen LogP contribution >= 0.6 is 0 Å². The molecule has 2 aliphatic rings. The largest absolute Gasteiger partial charge is 0.497 e. The van der Waals surface area contributed by atoms with Gasteiger partial charge in [0, 0.05) is 29.3 Å². The van der Waals surface area contributed by atoms with Crippen LogP contribution in [0.4, 0.5) is 5.82 Å². The number of carbonyl (C=O) groups excluding carboxylic acids is 1. The number of ether oxygens (including phenoxy) is 2. The second kappa shape index (κ2) is 6.04. The monoisotopic (exact) mass is 369 g/mol. The molecule has 2 heterocycles. The number of aromatic amines is 2. The molecule has 0 spiro atoms. The summed E-state index contributed by atoms with van der Waals surface area (Å²) in [6.45, 7) is 4.16. The summed E-state index contributed by atoms with van der Waals surface area (Å²) >= 11 is 0. The summed E-state index contributed by atoms with van der Waals surface area (Å²) in [7, 11) is 3.16. The Hall–Kier alpha value is -2.96. The molecule has 7 nitrogen and oxygen atoms in total. The van der Waals surface area contributed by atoms with Crippen molar-refractivity contribution in [1.29, 1.82) is 0 Å². The molecule has 1 aliphatic carbocycles. The molecule has 27 heavy (non-hydrogen) atoms. The number of aromatic nitrogens is 2. The highest BCUT2D eigenvalue weighted by atomic mass is 16.5. The van der Waals surface area contributed by atoms with Crippen LogP contribution in [0.5, 0.6) is 11.5 Å². The zero-order valence-corrected chi connectivity index (χ0v) is 15.9. The molecule has 0 saturated heterocycles. The molecule has 0 fully saturated rings. The predicted octanol–water partition coefficient (Wildman–Crippen LogP) is 2.92. The van der Waals surface area contributed by atoms with Gasteiger partial charge in [-0.3, -0.25) is 19.8 Å². The molecule has 1 atom stereocenters. The fourth-order valence-electron chi connectivity index (χ4n) is 4.19. The van der Waals surface area contributed by atoms with Crippen molar-refractivity contribution >= 4 is 11.6 Å². The first-order valence-electron chi connectivity index (χ1n) is 8.90. The Labute approximate surface area is 156 Å². The van der Waals surface area contributed by atoms with Crippen molar-refractivity contribution in [2.75, 3.05) is 19.5 Å². The molecular weight excluding hydrogens is 346 g/mol. The first-order valence-corrected chi connectivity index (χ1v) is 8.90. The van der Waals surface area contributed by atoms with Gasteiger partial charge in [-0.15, -0.1) is 0 Å². The number of carbonyl (C=O) groups is 1. The van der Waals surface area contributed by atoms with Crippen molar-refractivity contribution < 1.29 is 14.3 Å². The fraction of sp³-hybridized carbons (Fsp3) is 0.400. The number of nitrogens with one attached hydrogen (secondary N) is 3. The van der Waals surface area contributed by atoms with Gasteiger partial charge in [0.15, 0.2) is 5.78 Å². The number of methoxy groups -OCH3 is 2. The minimum absolute atomic E-state index is 0.0582. The normalized spacial score (nSPS) is 20.6. The SMILES string of the molecule is COc1ccc([C@@H]2C3=C(CC(C)(C)CC3=O)Nc3[nH][nH]c(=O)c32)c(OC)c1. The second-order valence-corrected chi connectivity index (χ2v) is 7.87. The van der Waals surface area contributed by atoms with Crippen LogP contribution in [0.2, 0.25) is 0 Å². The smallest absolute Gasteiger partial charge is 0.270 e. The Kier molecular flexibility index (Phi) is 3.91. The standard InChI is InChI=1S/C20H23N3O4/c1-20(2)8-12-16(13(24)9-20)15(17-18(21-12)22-23-19(17)25)11-6-5-10(26-3)7-14(11)27-4/h5-7,15H,8-9H2,1-4H3,(H3,21,22,23,25)/t15-/m1/s1. The fourth-order valence-corrected chi connectivity index (χ4v) is 4.19. The lowest BCUT2D eigenvalue weighted by atomic mass is 9.69. The van der Waals surface area contributed by atoms with Crippen LogP contribution in [0.1, 0.15) is 43.7 Å². The van der Waals surface area contributed by atoms with Crippen LogP contribution in [-0.2, 0) is 4.79 Å². The van der Waals surface area contributed by atoms with Gasteiger partial charge in [-0.05, 0) is 17.9 Å². The molecular formula is C20H23N3O4. The van der Waals surface area contributed by atoms with E-state index in [1.54, 1.807) is 20.3 Å². The maximum absolute atomic E-state index is 13.1. The first-order chi connectivity index (χ1) is 12.8. The quantitative estimate of drug-likeness (QED) is 0.773. The number of benzene rings is 1. The van der Waals surface area contributed by atoms with Gasteiger partial charge < -0.3 is 14.8 Å². The molecule has 1 aromatic carbocycles. The maximum Gasteiger partial charge on any atom is 0.270 e. The van der Waals surface area contributed by atoms with Crippen molar-refractivity contribution in [2.24, 2.45) is 5.41 Å². The van der Waals surface area contributed by atoms with E-state index in [4.69, 9.17) is 9.47 Å².